The summed E-state index contributed by atoms with van der Waals surface area (Å²) >= 11 is 0. The number of carbonyl (C=O) groups excluding carboxylic acids is 2. The number of nitrogens with zero attached hydrogens (tertiary/aromatic N) is 2. The second-order valence-electron chi connectivity index (χ2n) is 6.38. The van der Waals surface area contributed by atoms with E-state index in [0.29, 0.717) is 32.1 Å². The van der Waals surface area contributed by atoms with Gasteiger partial charge in [0.05, 0.1) is 0 Å². The normalized spacial score (nSPS) is 19.5. The van der Waals surface area contributed by atoms with Crippen molar-refractivity contribution in [3.63, 3.8) is 0 Å². The third kappa shape index (κ3) is 4.01. The van der Waals surface area contributed by atoms with Gasteiger partial charge in [0, 0.05) is 38.2 Å². The van der Waals surface area contributed by atoms with Gasteiger partial charge in [0.25, 0.3) is 0 Å². The monoisotopic (exact) mass is 312 g/mol. The molecule has 1 saturated carbocycles. The molecular formula is C19H24N2O2. The number of rotatable bonds is 3. The van der Waals surface area contributed by atoms with Gasteiger partial charge in [0.1, 0.15) is 0 Å². The molecule has 3 rings (SSSR count). The zero-order chi connectivity index (χ0) is 16.1. The van der Waals surface area contributed by atoms with Gasteiger partial charge in [0.15, 0.2) is 0 Å². The summed E-state index contributed by atoms with van der Waals surface area (Å²) in [5.41, 5.74) is 1.02. The quantitative estimate of drug-likeness (QED) is 0.805. The standard InChI is InChI=1S/C19H24N2O2/c22-18(11-10-16-6-2-1-3-7-16)20-12-14-21(15-13-20)19(23)17-8-4-5-9-17/h1-3,6-7,10-11,17H,4-5,8-9,12-15H2/b11-10+. The maximum absolute atomic E-state index is 12.4. The van der Waals surface area contributed by atoms with Crippen molar-refractivity contribution in [2.75, 3.05) is 26.2 Å². The van der Waals surface area contributed by atoms with Gasteiger partial charge >= 0.3 is 0 Å². The minimum Gasteiger partial charge on any atom is -0.339 e. The lowest BCUT2D eigenvalue weighted by atomic mass is 10.1. The summed E-state index contributed by atoms with van der Waals surface area (Å²) in [5.74, 6) is 0.562. The van der Waals surface area contributed by atoms with Crippen LogP contribution >= 0.6 is 0 Å². The Morgan fingerprint density at radius 1 is 0.913 bits per heavy atom. The lowest BCUT2D eigenvalue weighted by molar-refractivity contribution is -0.140. The Hall–Kier alpha value is -2.10. The Bertz CT molecular complexity index is 568. The minimum absolute atomic E-state index is 0.0295. The van der Waals surface area contributed by atoms with Crippen molar-refractivity contribution >= 4 is 17.9 Å². The van der Waals surface area contributed by atoms with Crippen LogP contribution in [-0.4, -0.2) is 47.8 Å². The molecule has 1 saturated heterocycles. The number of amides is 2. The van der Waals surface area contributed by atoms with Crippen LogP contribution in [0.4, 0.5) is 0 Å². The maximum atomic E-state index is 12.4. The van der Waals surface area contributed by atoms with Crippen molar-refractivity contribution in [1.29, 1.82) is 0 Å². The Morgan fingerprint density at radius 3 is 2.17 bits per heavy atom. The molecule has 23 heavy (non-hydrogen) atoms. The van der Waals surface area contributed by atoms with E-state index in [4.69, 9.17) is 0 Å². The van der Waals surface area contributed by atoms with E-state index in [9.17, 15) is 9.59 Å². The molecule has 4 nitrogen and oxygen atoms in total. The number of benzene rings is 1. The van der Waals surface area contributed by atoms with E-state index in [1.165, 1.54) is 12.8 Å². The van der Waals surface area contributed by atoms with Crippen LogP contribution in [0.25, 0.3) is 6.08 Å². The summed E-state index contributed by atoms with van der Waals surface area (Å²) in [4.78, 5) is 28.4. The van der Waals surface area contributed by atoms with Crippen molar-refractivity contribution in [2.45, 2.75) is 25.7 Å². The molecule has 2 amide bonds. The Labute approximate surface area is 137 Å². The van der Waals surface area contributed by atoms with Crippen molar-refractivity contribution in [3.05, 3.63) is 42.0 Å². The molecule has 122 valence electrons. The number of carbonyl (C=O) groups is 2. The summed E-state index contributed by atoms with van der Waals surface area (Å²) in [7, 11) is 0. The average molecular weight is 312 g/mol. The highest BCUT2D eigenvalue weighted by Crippen LogP contribution is 2.26. The number of hydrogen-bond donors (Lipinski definition) is 0. The van der Waals surface area contributed by atoms with Gasteiger partial charge < -0.3 is 9.80 Å². The fourth-order valence-electron chi connectivity index (χ4n) is 3.42. The van der Waals surface area contributed by atoms with E-state index in [-0.39, 0.29) is 11.8 Å². The zero-order valence-corrected chi connectivity index (χ0v) is 13.5. The molecule has 1 heterocycles. The van der Waals surface area contributed by atoms with Crippen LogP contribution in [-0.2, 0) is 9.59 Å². The first kappa shape index (κ1) is 15.8. The van der Waals surface area contributed by atoms with Crippen LogP contribution in [0.15, 0.2) is 36.4 Å². The number of piperazine rings is 1. The predicted molar refractivity (Wildman–Crippen MR) is 90.6 cm³/mol. The summed E-state index contributed by atoms with van der Waals surface area (Å²) in [6.45, 7) is 2.60. The highest BCUT2D eigenvalue weighted by molar-refractivity contribution is 5.92. The van der Waals surface area contributed by atoms with Crippen LogP contribution < -0.4 is 0 Å². The molecule has 0 aromatic heterocycles. The SMILES string of the molecule is O=C(/C=C/c1ccccc1)N1CCN(C(=O)C2CCCC2)CC1. The first-order valence-corrected chi connectivity index (χ1v) is 8.55. The summed E-state index contributed by atoms with van der Waals surface area (Å²) < 4.78 is 0. The zero-order valence-electron chi connectivity index (χ0n) is 13.5. The lowest BCUT2D eigenvalue weighted by Crippen LogP contribution is -2.51. The fourth-order valence-corrected chi connectivity index (χ4v) is 3.42. The van der Waals surface area contributed by atoms with E-state index in [2.05, 4.69) is 0 Å². The van der Waals surface area contributed by atoms with Crippen LogP contribution in [0, 0.1) is 5.92 Å². The summed E-state index contributed by atoms with van der Waals surface area (Å²) in [6.07, 6.45) is 7.91. The first-order chi connectivity index (χ1) is 11.2. The topological polar surface area (TPSA) is 40.6 Å². The maximum Gasteiger partial charge on any atom is 0.246 e. The summed E-state index contributed by atoms with van der Waals surface area (Å²) in [6, 6.07) is 9.82. The summed E-state index contributed by atoms with van der Waals surface area (Å²) in [5, 5.41) is 0. The molecule has 0 unspecified atom stereocenters. The molecule has 0 radical (unpaired) electrons. The minimum atomic E-state index is 0.0295. The smallest absolute Gasteiger partial charge is 0.246 e. The van der Waals surface area contributed by atoms with Gasteiger partial charge in [-0.05, 0) is 24.5 Å². The lowest BCUT2D eigenvalue weighted by Gasteiger charge is -2.35. The molecule has 1 aromatic carbocycles. The molecule has 1 aromatic rings. The van der Waals surface area contributed by atoms with E-state index < -0.39 is 0 Å². The van der Waals surface area contributed by atoms with Gasteiger partial charge in [0.2, 0.25) is 11.8 Å². The molecule has 0 atom stereocenters. The third-order valence-electron chi connectivity index (χ3n) is 4.83. The second kappa shape index (κ2) is 7.44. The molecule has 4 heteroatoms. The van der Waals surface area contributed by atoms with Crippen LogP contribution in [0.5, 0.6) is 0 Å². The second-order valence-corrected chi connectivity index (χ2v) is 6.38. The molecule has 1 aliphatic carbocycles. The molecule has 2 aliphatic rings. The van der Waals surface area contributed by atoms with Gasteiger partial charge in [-0.1, -0.05) is 43.2 Å². The first-order valence-electron chi connectivity index (χ1n) is 8.55. The molecule has 1 aliphatic heterocycles. The van der Waals surface area contributed by atoms with E-state index in [0.717, 1.165) is 18.4 Å². The number of hydrogen-bond acceptors (Lipinski definition) is 2. The molecular weight excluding hydrogens is 288 g/mol. The van der Waals surface area contributed by atoms with Crippen molar-refractivity contribution in [3.8, 4) is 0 Å². The average Bonchev–Trinajstić information content (AvgIpc) is 3.15. The molecule has 2 fully saturated rings. The fraction of sp³-hybridized carbons (Fsp3) is 0.474. The Kier molecular flexibility index (Phi) is 5.11. The molecule has 0 spiro atoms. The highest BCUT2D eigenvalue weighted by atomic mass is 16.2. The van der Waals surface area contributed by atoms with Crippen LogP contribution in [0.1, 0.15) is 31.2 Å². The van der Waals surface area contributed by atoms with Gasteiger partial charge in [-0.25, -0.2) is 0 Å². The van der Waals surface area contributed by atoms with E-state index >= 15 is 0 Å². The largest absolute Gasteiger partial charge is 0.339 e. The third-order valence-corrected chi connectivity index (χ3v) is 4.83. The van der Waals surface area contributed by atoms with Crippen LogP contribution in [0.2, 0.25) is 0 Å². The Balaban J connectivity index is 1.49. The van der Waals surface area contributed by atoms with Gasteiger partial charge in [-0.2, -0.15) is 0 Å². The van der Waals surface area contributed by atoms with Gasteiger partial charge in [-0.15, -0.1) is 0 Å². The van der Waals surface area contributed by atoms with Crippen molar-refractivity contribution < 1.29 is 9.59 Å². The highest BCUT2D eigenvalue weighted by Gasteiger charge is 2.29. The predicted octanol–water partition coefficient (Wildman–Crippen LogP) is 2.56. The van der Waals surface area contributed by atoms with E-state index in [1.807, 2.05) is 46.2 Å². The van der Waals surface area contributed by atoms with Gasteiger partial charge in [-0.3, -0.25) is 9.59 Å². The molecule has 0 bridgehead atoms. The van der Waals surface area contributed by atoms with E-state index in [1.54, 1.807) is 6.08 Å². The van der Waals surface area contributed by atoms with Crippen LogP contribution in [0.3, 0.4) is 0 Å². The van der Waals surface area contributed by atoms with Crippen molar-refractivity contribution in [1.82, 2.24) is 9.80 Å². The molecule has 0 N–H and O–H groups in total. The van der Waals surface area contributed by atoms with Crippen molar-refractivity contribution in [2.24, 2.45) is 5.92 Å². The Morgan fingerprint density at radius 2 is 1.52 bits per heavy atom.